The highest BCUT2D eigenvalue weighted by molar-refractivity contribution is 5.77. The van der Waals surface area contributed by atoms with Crippen molar-refractivity contribution in [3.63, 3.8) is 0 Å². The molecule has 2 aromatic rings. The molecule has 27 heavy (non-hydrogen) atoms. The van der Waals surface area contributed by atoms with E-state index in [1.54, 1.807) is 12.1 Å². The minimum atomic E-state index is -0.435. The normalized spacial score (nSPS) is 12.3. The van der Waals surface area contributed by atoms with Gasteiger partial charge in [0.25, 0.3) is 0 Å². The molecule has 0 radical (unpaired) electrons. The number of rotatable bonds is 9. The summed E-state index contributed by atoms with van der Waals surface area (Å²) >= 11 is 0. The predicted molar refractivity (Wildman–Crippen MR) is 113 cm³/mol. The molecule has 1 aromatic carbocycles. The molecule has 0 amide bonds. The zero-order chi connectivity index (χ0) is 19.6. The van der Waals surface area contributed by atoms with Crippen LogP contribution in [0.5, 0.6) is 5.75 Å². The highest BCUT2D eigenvalue weighted by atomic mass is 16.5. The lowest BCUT2D eigenvalue weighted by Gasteiger charge is -2.05. The van der Waals surface area contributed by atoms with Gasteiger partial charge >= 0.3 is 5.63 Å². The smallest absolute Gasteiger partial charge is 0.379 e. The van der Waals surface area contributed by atoms with Crippen LogP contribution in [0.1, 0.15) is 53.4 Å². The van der Waals surface area contributed by atoms with Crippen molar-refractivity contribution in [1.82, 2.24) is 0 Å². The number of allylic oxidation sites excluding steroid dienone is 5. The van der Waals surface area contributed by atoms with Crippen molar-refractivity contribution in [3.8, 4) is 5.75 Å². The second kappa shape index (κ2) is 10.6. The Morgan fingerprint density at radius 2 is 1.63 bits per heavy atom. The SMILES string of the molecule is CC(C)=CCC/C(C)=C/CC/C(C)=C/COc1cc2ccccc2oc1=O. The summed E-state index contributed by atoms with van der Waals surface area (Å²) in [5.41, 5.74) is 4.21. The van der Waals surface area contributed by atoms with Crippen LogP contribution in [0, 0.1) is 0 Å². The molecule has 0 bridgehead atoms. The van der Waals surface area contributed by atoms with Gasteiger partial charge in [0.15, 0.2) is 0 Å². The van der Waals surface area contributed by atoms with E-state index in [9.17, 15) is 4.79 Å². The van der Waals surface area contributed by atoms with Gasteiger partial charge in [-0.1, -0.05) is 47.1 Å². The van der Waals surface area contributed by atoms with Crippen LogP contribution in [-0.2, 0) is 0 Å². The van der Waals surface area contributed by atoms with Gasteiger partial charge in [0.05, 0.1) is 0 Å². The van der Waals surface area contributed by atoms with Gasteiger partial charge in [-0.25, -0.2) is 4.79 Å². The Bertz CT molecular complexity index is 893. The maximum Gasteiger partial charge on any atom is 0.379 e. The van der Waals surface area contributed by atoms with E-state index >= 15 is 0 Å². The van der Waals surface area contributed by atoms with Crippen LogP contribution in [0.3, 0.4) is 0 Å². The van der Waals surface area contributed by atoms with Gasteiger partial charge in [0.2, 0.25) is 5.75 Å². The molecule has 0 saturated heterocycles. The van der Waals surface area contributed by atoms with E-state index in [4.69, 9.17) is 9.15 Å². The molecule has 0 unspecified atom stereocenters. The van der Waals surface area contributed by atoms with E-state index in [-0.39, 0.29) is 5.75 Å². The summed E-state index contributed by atoms with van der Waals surface area (Å²) in [5.74, 6) is 0.257. The lowest BCUT2D eigenvalue weighted by atomic mass is 10.1. The molecule has 3 nitrogen and oxygen atoms in total. The zero-order valence-corrected chi connectivity index (χ0v) is 16.9. The Morgan fingerprint density at radius 1 is 0.963 bits per heavy atom. The minimum Gasteiger partial charge on any atom is -0.482 e. The third-order valence-electron chi connectivity index (χ3n) is 4.40. The summed E-state index contributed by atoms with van der Waals surface area (Å²) in [4.78, 5) is 12.0. The molecule has 2 rings (SSSR count). The molecule has 3 heteroatoms. The summed E-state index contributed by atoms with van der Waals surface area (Å²) in [7, 11) is 0. The predicted octanol–water partition coefficient (Wildman–Crippen LogP) is 6.59. The maximum absolute atomic E-state index is 12.0. The quantitative estimate of drug-likeness (QED) is 0.371. The number of hydrogen-bond acceptors (Lipinski definition) is 3. The molecular weight excluding hydrogens is 336 g/mol. The average Bonchev–Trinajstić information content (AvgIpc) is 2.62. The second-order valence-electron chi connectivity index (χ2n) is 7.21. The highest BCUT2D eigenvalue weighted by Crippen LogP contribution is 2.17. The number of hydrogen-bond donors (Lipinski definition) is 0. The Labute approximate surface area is 162 Å². The fourth-order valence-corrected chi connectivity index (χ4v) is 2.76. The lowest BCUT2D eigenvalue weighted by Crippen LogP contribution is -2.07. The molecule has 0 aliphatic carbocycles. The van der Waals surface area contributed by atoms with Crippen molar-refractivity contribution in [1.29, 1.82) is 0 Å². The Balaban J connectivity index is 1.81. The van der Waals surface area contributed by atoms with Crippen LogP contribution < -0.4 is 10.4 Å². The van der Waals surface area contributed by atoms with Gasteiger partial charge < -0.3 is 9.15 Å². The Hall–Kier alpha value is -2.55. The molecule has 1 heterocycles. The fourth-order valence-electron chi connectivity index (χ4n) is 2.76. The van der Waals surface area contributed by atoms with Crippen LogP contribution in [0.4, 0.5) is 0 Å². The van der Waals surface area contributed by atoms with Gasteiger partial charge in [-0.15, -0.1) is 0 Å². The van der Waals surface area contributed by atoms with E-state index < -0.39 is 5.63 Å². The number of fused-ring (bicyclic) bond motifs is 1. The van der Waals surface area contributed by atoms with Crippen molar-refractivity contribution in [3.05, 3.63) is 75.7 Å². The topological polar surface area (TPSA) is 39.4 Å². The first kappa shape index (κ1) is 20.8. The summed E-state index contributed by atoms with van der Waals surface area (Å²) in [6.07, 6.45) is 10.9. The lowest BCUT2D eigenvalue weighted by molar-refractivity contribution is 0.341. The van der Waals surface area contributed by atoms with Crippen LogP contribution in [0.2, 0.25) is 0 Å². The van der Waals surface area contributed by atoms with Crippen LogP contribution in [-0.4, -0.2) is 6.61 Å². The molecule has 144 valence electrons. The minimum absolute atomic E-state index is 0.257. The molecule has 0 atom stereocenters. The van der Waals surface area contributed by atoms with Crippen LogP contribution >= 0.6 is 0 Å². The first-order valence-electron chi connectivity index (χ1n) is 9.56. The largest absolute Gasteiger partial charge is 0.482 e. The van der Waals surface area contributed by atoms with Crippen molar-refractivity contribution in [2.45, 2.75) is 53.4 Å². The first-order valence-corrected chi connectivity index (χ1v) is 9.56. The molecule has 0 fully saturated rings. The fraction of sp³-hybridized carbons (Fsp3) is 0.375. The average molecular weight is 367 g/mol. The van der Waals surface area contributed by atoms with E-state index in [0.717, 1.165) is 31.1 Å². The van der Waals surface area contributed by atoms with Gasteiger partial charge in [-0.05, 0) is 71.6 Å². The third-order valence-corrected chi connectivity index (χ3v) is 4.40. The standard InChI is InChI=1S/C24H30O3/c1-18(2)9-7-10-19(3)11-8-12-20(4)15-16-26-23-17-21-13-5-6-14-22(21)27-24(23)25/h5-6,9,11,13-15,17H,7-8,10,12,16H2,1-4H3/b19-11+,20-15+. The van der Waals surface area contributed by atoms with E-state index in [2.05, 4.69) is 39.8 Å². The Morgan fingerprint density at radius 3 is 2.37 bits per heavy atom. The number of ether oxygens (including phenoxy) is 1. The van der Waals surface area contributed by atoms with Crippen molar-refractivity contribution >= 4 is 11.0 Å². The molecule has 1 aromatic heterocycles. The molecule has 0 saturated carbocycles. The van der Waals surface area contributed by atoms with Crippen LogP contribution in [0.25, 0.3) is 11.0 Å². The van der Waals surface area contributed by atoms with Gasteiger partial charge in [0, 0.05) is 5.39 Å². The second-order valence-corrected chi connectivity index (χ2v) is 7.21. The van der Waals surface area contributed by atoms with Gasteiger partial charge in [0.1, 0.15) is 12.2 Å². The molecule has 0 aliphatic rings. The van der Waals surface area contributed by atoms with E-state index in [1.807, 2.05) is 24.3 Å². The summed E-state index contributed by atoms with van der Waals surface area (Å²) in [6.45, 7) is 8.94. The molecule has 0 spiro atoms. The molecule has 0 aliphatic heterocycles. The monoisotopic (exact) mass is 366 g/mol. The van der Waals surface area contributed by atoms with Crippen molar-refractivity contribution < 1.29 is 9.15 Å². The highest BCUT2D eigenvalue weighted by Gasteiger charge is 2.05. The maximum atomic E-state index is 12.0. The van der Waals surface area contributed by atoms with E-state index in [0.29, 0.717) is 12.2 Å². The summed E-state index contributed by atoms with van der Waals surface area (Å²) < 4.78 is 10.9. The summed E-state index contributed by atoms with van der Waals surface area (Å²) in [5, 5.41) is 0.863. The van der Waals surface area contributed by atoms with E-state index in [1.165, 1.54) is 16.7 Å². The van der Waals surface area contributed by atoms with Crippen molar-refractivity contribution in [2.75, 3.05) is 6.61 Å². The Kier molecular flexibility index (Phi) is 8.12. The molecular formula is C24H30O3. The molecule has 0 N–H and O–H groups in total. The summed E-state index contributed by atoms with van der Waals surface area (Å²) in [6, 6.07) is 9.17. The van der Waals surface area contributed by atoms with Gasteiger partial charge in [-0.3, -0.25) is 0 Å². The third kappa shape index (κ3) is 7.30. The zero-order valence-electron chi connectivity index (χ0n) is 16.9. The van der Waals surface area contributed by atoms with Crippen LogP contribution in [0.15, 0.2) is 74.5 Å². The first-order chi connectivity index (χ1) is 13.0. The van der Waals surface area contributed by atoms with Gasteiger partial charge in [-0.2, -0.15) is 0 Å². The van der Waals surface area contributed by atoms with Crippen molar-refractivity contribution in [2.24, 2.45) is 0 Å². The number of para-hydroxylation sites is 1. The number of benzene rings is 1.